The highest BCUT2D eigenvalue weighted by atomic mass is 35.5. The van der Waals surface area contributed by atoms with Crippen LogP contribution >= 0.6 is 11.6 Å². The van der Waals surface area contributed by atoms with Gasteiger partial charge in [-0.2, -0.15) is 9.78 Å². The summed E-state index contributed by atoms with van der Waals surface area (Å²) in [7, 11) is -2.52. The van der Waals surface area contributed by atoms with Crippen molar-refractivity contribution in [3.05, 3.63) is 83.4 Å². The maximum atomic E-state index is 13.6. The zero-order chi connectivity index (χ0) is 23.9. The zero-order valence-electron chi connectivity index (χ0n) is 17.9. The molecule has 0 spiro atoms. The molecule has 0 aliphatic rings. The quantitative estimate of drug-likeness (QED) is 0.361. The second-order valence-electron chi connectivity index (χ2n) is 7.39. The summed E-state index contributed by atoms with van der Waals surface area (Å²) < 4.78 is 33.8. The lowest BCUT2D eigenvalue weighted by Crippen LogP contribution is -2.06. The van der Waals surface area contributed by atoms with Crippen LogP contribution in [0, 0.1) is 0 Å². The lowest BCUT2D eigenvalue weighted by Gasteiger charge is -2.05. The number of halogens is 1. The molecule has 0 aliphatic heterocycles. The molecule has 2 aromatic heterocycles. The number of nitrogen functional groups attached to an aromatic ring is 1. The number of nitrogens with two attached hydrogens (primary N) is 1. The normalized spacial score (nSPS) is 12.1. The first-order chi connectivity index (χ1) is 16.4. The molecule has 34 heavy (non-hydrogen) atoms. The maximum Gasteiger partial charge on any atom is 0.212 e. The SMILES string of the molecule is COc1cccc(/C=N\n2c(N)c(S(=O)(=O)c3cccc(Cl)c3)c3nc4ccccc4nc32)c1. The fourth-order valence-corrected chi connectivity index (χ4v) is 5.39. The summed E-state index contributed by atoms with van der Waals surface area (Å²) in [6.45, 7) is 0. The molecule has 3 aromatic carbocycles. The van der Waals surface area contributed by atoms with Gasteiger partial charge in [0.2, 0.25) is 9.84 Å². The summed E-state index contributed by atoms with van der Waals surface area (Å²) >= 11 is 6.06. The smallest absolute Gasteiger partial charge is 0.212 e. The number of anilines is 1. The summed E-state index contributed by atoms with van der Waals surface area (Å²) in [4.78, 5) is 9.03. The van der Waals surface area contributed by atoms with Gasteiger partial charge >= 0.3 is 0 Å². The molecule has 5 rings (SSSR count). The van der Waals surface area contributed by atoms with Gasteiger partial charge in [0.25, 0.3) is 0 Å². The molecule has 0 fully saturated rings. The highest BCUT2D eigenvalue weighted by molar-refractivity contribution is 7.92. The van der Waals surface area contributed by atoms with Crippen molar-refractivity contribution in [3.8, 4) is 5.75 Å². The van der Waals surface area contributed by atoms with E-state index in [1.54, 1.807) is 49.7 Å². The van der Waals surface area contributed by atoms with E-state index in [9.17, 15) is 8.42 Å². The monoisotopic (exact) mass is 491 g/mol. The van der Waals surface area contributed by atoms with Gasteiger partial charge in [-0.05, 0) is 48.0 Å². The van der Waals surface area contributed by atoms with Crippen LogP contribution in [0.15, 0.2) is 87.7 Å². The molecule has 0 bridgehead atoms. The number of rotatable bonds is 5. The highest BCUT2D eigenvalue weighted by Gasteiger charge is 2.30. The summed E-state index contributed by atoms with van der Waals surface area (Å²) in [6, 6.07) is 20.4. The van der Waals surface area contributed by atoms with Gasteiger partial charge in [-0.1, -0.05) is 41.9 Å². The van der Waals surface area contributed by atoms with Gasteiger partial charge in [0, 0.05) is 5.02 Å². The Morgan fingerprint density at radius 1 is 1.00 bits per heavy atom. The van der Waals surface area contributed by atoms with Crippen molar-refractivity contribution >= 4 is 55.7 Å². The van der Waals surface area contributed by atoms with Gasteiger partial charge in [-0.3, -0.25) is 0 Å². The number of nitrogens with zero attached hydrogens (tertiary/aromatic N) is 4. The lowest BCUT2D eigenvalue weighted by atomic mass is 10.2. The number of para-hydroxylation sites is 2. The minimum Gasteiger partial charge on any atom is -0.497 e. The predicted octanol–water partition coefficient (Wildman–Crippen LogP) is 4.54. The Hall–Kier alpha value is -3.95. The summed E-state index contributed by atoms with van der Waals surface area (Å²) in [5.41, 5.74) is 8.58. The first kappa shape index (κ1) is 21.9. The second-order valence-corrected chi connectivity index (χ2v) is 9.72. The van der Waals surface area contributed by atoms with Crippen LogP contribution in [-0.2, 0) is 9.84 Å². The Labute approximate surface area is 200 Å². The van der Waals surface area contributed by atoms with Gasteiger partial charge < -0.3 is 10.5 Å². The third-order valence-corrected chi connectivity index (χ3v) is 7.27. The number of ether oxygens (including phenoxy) is 1. The topological polar surface area (TPSA) is 112 Å². The van der Waals surface area contributed by atoms with Crippen LogP contribution in [0.25, 0.3) is 22.2 Å². The number of benzene rings is 3. The first-order valence-electron chi connectivity index (χ1n) is 10.1. The van der Waals surface area contributed by atoms with Crippen LogP contribution in [0.2, 0.25) is 5.02 Å². The molecule has 5 aromatic rings. The van der Waals surface area contributed by atoms with Gasteiger partial charge in [0.1, 0.15) is 22.0 Å². The number of hydrogen-bond acceptors (Lipinski definition) is 7. The largest absolute Gasteiger partial charge is 0.497 e. The van der Waals surface area contributed by atoms with Crippen LogP contribution in [0.3, 0.4) is 0 Å². The number of fused-ring (bicyclic) bond motifs is 2. The molecule has 170 valence electrons. The molecule has 2 heterocycles. The van der Waals surface area contributed by atoms with E-state index in [2.05, 4.69) is 15.1 Å². The van der Waals surface area contributed by atoms with Gasteiger partial charge in [-0.15, -0.1) is 0 Å². The Morgan fingerprint density at radius 3 is 2.47 bits per heavy atom. The Bertz CT molecular complexity index is 1700. The van der Waals surface area contributed by atoms with Crippen LogP contribution < -0.4 is 10.5 Å². The molecule has 0 radical (unpaired) electrons. The average Bonchev–Trinajstić information content (AvgIpc) is 3.12. The third kappa shape index (κ3) is 3.74. The van der Waals surface area contributed by atoms with Crippen molar-refractivity contribution in [3.63, 3.8) is 0 Å². The number of sulfone groups is 1. The van der Waals surface area contributed by atoms with Crippen molar-refractivity contribution in [2.24, 2.45) is 5.10 Å². The molecule has 0 aliphatic carbocycles. The van der Waals surface area contributed by atoms with Gasteiger partial charge in [0.05, 0.1) is 29.3 Å². The number of aromatic nitrogens is 3. The molecule has 0 saturated heterocycles. The van der Waals surface area contributed by atoms with E-state index in [4.69, 9.17) is 22.1 Å². The lowest BCUT2D eigenvalue weighted by molar-refractivity contribution is 0.415. The van der Waals surface area contributed by atoms with E-state index in [1.165, 1.54) is 16.8 Å². The van der Waals surface area contributed by atoms with Crippen LogP contribution in [-0.4, -0.2) is 36.4 Å². The molecular formula is C24H18ClN5O3S. The van der Waals surface area contributed by atoms with E-state index >= 15 is 0 Å². The van der Waals surface area contributed by atoms with Crippen molar-refractivity contribution < 1.29 is 13.2 Å². The molecule has 0 unspecified atom stereocenters. The maximum absolute atomic E-state index is 13.6. The van der Waals surface area contributed by atoms with E-state index in [0.717, 1.165) is 5.56 Å². The van der Waals surface area contributed by atoms with Crippen LogP contribution in [0.5, 0.6) is 5.75 Å². The van der Waals surface area contributed by atoms with Crippen molar-refractivity contribution in [2.75, 3.05) is 12.8 Å². The first-order valence-corrected chi connectivity index (χ1v) is 12.0. The van der Waals surface area contributed by atoms with E-state index in [1.807, 2.05) is 24.3 Å². The molecule has 0 saturated carbocycles. The summed E-state index contributed by atoms with van der Waals surface area (Å²) in [6.07, 6.45) is 1.55. The molecule has 8 nitrogen and oxygen atoms in total. The number of hydrogen-bond donors (Lipinski definition) is 1. The van der Waals surface area contributed by atoms with Crippen LogP contribution in [0.4, 0.5) is 5.82 Å². The molecule has 2 N–H and O–H groups in total. The Morgan fingerprint density at radius 2 is 1.74 bits per heavy atom. The predicted molar refractivity (Wildman–Crippen MR) is 132 cm³/mol. The zero-order valence-corrected chi connectivity index (χ0v) is 19.5. The summed E-state index contributed by atoms with van der Waals surface area (Å²) in [5.74, 6) is 0.550. The van der Waals surface area contributed by atoms with E-state index in [-0.39, 0.29) is 31.8 Å². The highest BCUT2D eigenvalue weighted by Crippen LogP contribution is 2.35. The summed E-state index contributed by atoms with van der Waals surface area (Å²) in [5, 5.41) is 4.74. The van der Waals surface area contributed by atoms with Gasteiger partial charge in [0.15, 0.2) is 5.65 Å². The Kier molecular flexibility index (Phi) is 5.43. The fourth-order valence-electron chi connectivity index (χ4n) is 3.60. The molecule has 10 heteroatoms. The average molecular weight is 492 g/mol. The van der Waals surface area contributed by atoms with Gasteiger partial charge in [-0.25, -0.2) is 18.4 Å². The molecule has 0 amide bonds. The molecular weight excluding hydrogens is 474 g/mol. The van der Waals surface area contributed by atoms with E-state index in [0.29, 0.717) is 16.8 Å². The molecule has 0 atom stereocenters. The van der Waals surface area contributed by atoms with Crippen LogP contribution in [0.1, 0.15) is 5.56 Å². The Balaban J connectivity index is 1.78. The van der Waals surface area contributed by atoms with Crippen molar-refractivity contribution in [1.82, 2.24) is 14.6 Å². The van der Waals surface area contributed by atoms with Crippen molar-refractivity contribution in [1.29, 1.82) is 0 Å². The van der Waals surface area contributed by atoms with E-state index < -0.39 is 9.84 Å². The minimum absolute atomic E-state index is 0.00233. The second kappa shape index (κ2) is 8.44. The fraction of sp³-hybridized carbons (Fsp3) is 0.0417. The number of methoxy groups -OCH3 is 1. The van der Waals surface area contributed by atoms with Crippen molar-refractivity contribution in [2.45, 2.75) is 9.79 Å². The third-order valence-electron chi connectivity index (χ3n) is 5.22. The standard InChI is InChI=1S/C24H18ClN5O3S/c1-33-17-8-4-6-15(12-17)14-27-30-23(26)22(34(31,32)18-9-5-7-16(25)13-18)21-24(30)29-20-11-3-2-10-19(20)28-21/h2-14H,26H2,1H3/b27-14-. The minimum atomic E-state index is -4.09.